The molecule has 1 saturated heterocycles. The average Bonchev–Trinajstić information content (AvgIpc) is 3.31. The first kappa shape index (κ1) is 18.3. The minimum Gasteiger partial charge on any atom is -0.392 e. The van der Waals surface area contributed by atoms with Crippen molar-refractivity contribution in [3.05, 3.63) is 55.1 Å². The van der Waals surface area contributed by atoms with Crippen LogP contribution >= 0.6 is 0 Å². The fourth-order valence-electron chi connectivity index (χ4n) is 3.76. The standard InChI is InChI=1S/C22H24N4O2/c1-3-11-28-25-16-13-19(23-14-16)22(27)24-15-9-10-21-18(12-15)17-7-5-6-8-20(17)26(21)4-2/h3,5-10,12,19,23H,1,4,11,13-14H2,2H3,(H,24,27)/b25-16+/t19-/m0/s1. The summed E-state index contributed by atoms with van der Waals surface area (Å²) < 4.78 is 2.29. The smallest absolute Gasteiger partial charge is 0.241 e. The maximum Gasteiger partial charge on any atom is 0.241 e. The van der Waals surface area contributed by atoms with Crippen LogP contribution in [0.25, 0.3) is 21.8 Å². The van der Waals surface area contributed by atoms with Crippen LogP contribution in [0.1, 0.15) is 13.3 Å². The van der Waals surface area contributed by atoms with Gasteiger partial charge in [0, 0.05) is 47.0 Å². The van der Waals surface area contributed by atoms with E-state index in [9.17, 15) is 4.79 Å². The summed E-state index contributed by atoms with van der Waals surface area (Å²) in [5.41, 5.74) is 4.02. The van der Waals surface area contributed by atoms with Gasteiger partial charge in [0.15, 0.2) is 0 Å². The number of nitrogens with zero attached hydrogens (tertiary/aromatic N) is 2. The molecule has 0 aliphatic carbocycles. The lowest BCUT2D eigenvalue weighted by Gasteiger charge is -2.11. The van der Waals surface area contributed by atoms with Crippen molar-refractivity contribution < 1.29 is 9.63 Å². The van der Waals surface area contributed by atoms with Crippen molar-refractivity contribution in [1.82, 2.24) is 9.88 Å². The molecule has 1 amide bonds. The number of anilines is 1. The van der Waals surface area contributed by atoms with Crippen LogP contribution in [0.3, 0.4) is 0 Å². The van der Waals surface area contributed by atoms with Crippen molar-refractivity contribution in [3.63, 3.8) is 0 Å². The number of aryl methyl sites for hydroxylation is 1. The van der Waals surface area contributed by atoms with E-state index in [1.165, 1.54) is 16.4 Å². The molecular weight excluding hydrogens is 352 g/mol. The molecule has 3 aromatic rings. The molecule has 6 nitrogen and oxygen atoms in total. The monoisotopic (exact) mass is 376 g/mol. The fourth-order valence-corrected chi connectivity index (χ4v) is 3.76. The number of carbonyl (C=O) groups excluding carboxylic acids is 1. The highest BCUT2D eigenvalue weighted by Crippen LogP contribution is 2.31. The van der Waals surface area contributed by atoms with Gasteiger partial charge in [-0.15, -0.1) is 0 Å². The maximum atomic E-state index is 12.7. The lowest BCUT2D eigenvalue weighted by Crippen LogP contribution is -2.35. The number of hydrogen-bond acceptors (Lipinski definition) is 4. The molecule has 2 aromatic carbocycles. The van der Waals surface area contributed by atoms with Crippen molar-refractivity contribution in [2.75, 3.05) is 18.5 Å². The minimum atomic E-state index is -0.307. The Balaban J connectivity index is 1.54. The van der Waals surface area contributed by atoms with Gasteiger partial charge in [-0.3, -0.25) is 4.79 Å². The first-order valence-corrected chi connectivity index (χ1v) is 9.55. The second-order valence-electron chi connectivity index (χ2n) is 6.86. The van der Waals surface area contributed by atoms with Gasteiger partial charge in [-0.1, -0.05) is 36.0 Å². The third-order valence-corrected chi connectivity index (χ3v) is 5.05. The molecular formula is C22H24N4O2. The Labute approximate surface area is 163 Å². The van der Waals surface area contributed by atoms with Gasteiger partial charge in [0.25, 0.3) is 0 Å². The van der Waals surface area contributed by atoms with Crippen LogP contribution in [0.4, 0.5) is 5.69 Å². The van der Waals surface area contributed by atoms with E-state index < -0.39 is 0 Å². The van der Waals surface area contributed by atoms with E-state index in [-0.39, 0.29) is 11.9 Å². The van der Waals surface area contributed by atoms with Crippen molar-refractivity contribution in [2.45, 2.75) is 25.9 Å². The molecule has 0 spiro atoms. The van der Waals surface area contributed by atoms with Crippen molar-refractivity contribution in [3.8, 4) is 0 Å². The van der Waals surface area contributed by atoms with E-state index in [0.29, 0.717) is 19.6 Å². The van der Waals surface area contributed by atoms with Crippen LogP contribution in [0.2, 0.25) is 0 Å². The normalized spacial score (nSPS) is 18.0. The molecule has 2 heterocycles. The van der Waals surface area contributed by atoms with Crippen LogP contribution in [0, 0.1) is 0 Å². The zero-order chi connectivity index (χ0) is 19.5. The van der Waals surface area contributed by atoms with E-state index in [1.54, 1.807) is 6.08 Å². The quantitative estimate of drug-likeness (QED) is 0.392. The summed E-state index contributed by atoms with van der Waals surface area (Å²) in [6, 6.07) is 14.1. The largest absolute Gasteiger partial charge is 0.392 e. The Bertz CT molecular complexity index is 1070. The molecule has 0 bridgehead atoms. The Morgan fingerprint density at radius 1 is 1.32 bits per heavy atom. The van der Waals surface area contributed by atoms with Gasteiger partial charge in [0.05, 0.1) is 11.8 Å². The van der Waals surface area contributed by atoms with Crippen LogP contribution < -0.4 is 10.6 Å². The van der Waals surface area contributed by atoms with Crippen molar-refractivity contribution >= 4 is 39.1 Å². The number of carbonyl (C=O) groups is 1. The number of para-hydroxylation sites is 1. The molecule has 4 rings (SSSR count). The molecule has 1 aliphatic rings. The van der Waals surface area contributed by atoms with Gasteiger partial charge < -0.3 is 20.0 Å². The molecule has 0 saturated carbocycles. The topological polar surface area (TPSA) is 67.7 Å². The second-order valence-corrected chi connectivity index (χ2v) is 6.86. The van der Waals surface area contributed by atoms with Gasteiger partial charge in [-0.05, 0) is 31.2 Å². The number of rotatable bonds is 6. The second kappa shape index (κ2) is 7.86. The Morgan fingerprint density at radius 2 is 2.14 bits per heavy atom. The lowest BCUT2D eigenvalue weighted by atomic mass is 10.1. The third-order valence-electron chi connectivity index (χ3n) is 5.05. The van der Waals surface area contributed by atoms with E-state index in [1.807, 2.05) is 12.1 Å². The molecule has 144 valence electrons. The average molecular weight is 376 g/mol. The molecule has 6 heteroatoms. The maximum absolute atomic E-state index is 12.7. The van der Waals surface area contributed by atoms with Crippen molar-refractivity contribution in [2.24, 2.45) is 5.16 Å². The van der Waals surface area contributed by atoms with E-state index >= 15 is 0 Å². The molecule has 1 aromatic heterocycles. The number of amides is 1. The number of fused-ring (bicyclic) bond motifs is 3. The molecule has 1 aliphatic heterocycles. The van der Waals surface area contributed by atoms with Crippen LogP contribution in [-0.4, -0.2) is 35.4 Å². The molecule has 2 N–H and O–H groups in total. The fraction of sp³-hybridized carbons (Fsp3) is 0.273. The number of aromatic nitrogens is 1. The zero-order valence-electron chi connectivity index (χ0n) is 15.9. The number of hydrogen-bond donors (Lipinski definition) is 2. The summed E-state index contributed by atoms with van der Waals surface area (Å²) in [5.74, 6) is -0.0625. The zero-order valence-corrected chi connectivity index (χ0v) is 15.9. The summed E-state index contributed by atoms with van der Waals surface area (Å²) in [6.45, 7) is 7.55. The van der Waals surface area contributed by atoms with Crippen LogP contribution in [0.15, 0.2) is 60.3 Å². The van der Waals surface area contributed by atoms with E-state index in [2.05, 4.69) is 64.2 Å². The molecule has 1 atom stereocenters. The van der Waals surface area contributed by atoms with Crippen LogP contribution in [0.5, 0.6) is 0 Å². The number of benzene rings is 2. The first-order valence-electron chi connectivity index (χ1n) is 9.55. The predicted octanol–water partition coefficient (Wildman–Crippen LogP) is 3.67. The number of oxime groups is 1. The van der Waals surface area contributed by atoms with Gasteiger partial charge in [0.1, 0.15) is 6.61 Å². The Kier molecular flexibility index (Phi) is 5.12. The molecule has 0 unspecified atom stereocenters. The highest BCUT2D eigenvalue weighted by atomic mass is 16.6. The minimum absolute atomic E-state index is 0.0625. The van der Waals surface area contributed by atoms with E-state index in [4.69, 9.17) is 4.84 Å². The summed E-state index contributed by atoms with van der Waals surface area (Å²) in [7, 11) is 0. The van der Waals surface area contributed by atoms with Gasteiger partial charge >= 0.3 is 0 Å². The SMILES string of the molecule is C=CCO/N=C1/CN[C@H](C(=O)Nc2ccc3c(c2)c2ccccc2n3CC)C1. The summed E-state index contributed by atoms with van der Waals surface area (Å²) in [6.07, 6.45) is 2.18. The highest BCUT2D eigenvalue weighted by Gasteiger charge is 2.27. The van der Waals surface area contributed by atoms with Gasteiger partial charge in [0.2, 0.25) is 5.91 Å². The van der Waals surface area contributed by atoms with Crippen LogP contribution in [-0.2, 0) is 16.2 Å². The summed E-state index contributed by atoms with van der Waals surface area (Å²) in [5, 5.41) is 12.6. The Hall–Kier alpha value is -3.12. The molecule has 0 radical (unpaired) electrons. The lowest BCUT2D eigenvalue weighted by molar-refractivity contribution is -0.117. The summed E-state index contributed by atoms with van der Waals surface area (Å²) >= 11 is 0. The predicted molar refractivity (Wildman–Crippen MR) is 114 cm³/mol. The Morgan fingerprint density at radius 3 is 2.96 bits per heavy atom. The van der Waals surface area contributed by atoms with Gasteiger partial charge in [-0.25, -0.2) is 0 Å². The van der Waals surface area contributed by atoms with E-state index in [0.717, 1.165) is 23.3 Å². The first-order chi connectivity index (χ1) is 13.7. The molecule has 1 fully saturated rings. The molecule has 28 heavy (non-hydrogen) atoms. The van der Waals surface area contributed by atoms with Gasteiger partial charge in [-0.2, -0.15) is 0 Å². The third kappa shape index (κ3) is 3.39. The number of nitrogens with one attached hydrogen (secondary N) is 2. The summed E-state index contributed by atoms with van der Waals surface area (Å²) in [4.78, 5) is 17.8. The highest BCUT2D eigenvalue weighted by molar-refractivity contribution is 6.10. The van der Waals surface area contributed by atoms with Crippen molar-refractivity contribution in [1.29, 1.82) is 0 Å².